The highest BCUT2D eigenvalue weighted by Gasteiger charge is 2.19. The summed E-state index contributed by atoms with van der Waals surface area (Å²) in [6, 6.07) is 4.96. The Kier molecular flexibility index (Phi) is 4.73. The molecule has 1 aromatic rings. The number of rotatable bonds is 4. The monoisotopic (exact) mass is 338 g/mol. The van der Waals surface area contributed by atoms with E-state index in [1.807, 2.05) is 0 Å². The van der Waals surface area contributed by atoms with Gasteiger partial charge >= 0.3 is 0 Å². The molecule has 0 saturated carbocycles. The van der Waals surface area contributed by atoms with Gasteiger partial charge in [0, 0.05) is 4.47 Å². The molecule has 0 radical (unpaired) electrons. The molecule has 1 aromatic carbocycles. The molecule has 0 N–H and O–H groups in total. The number of benzene rings is 1. The summed E-state index contributed by atoms with van der Waals surface area (Å²) in [5.41, 5.74) is 0.361. The van der Waals surface area contributed by atoms with Crippen molar-refractivity contribution in [2.45, 2.75) is 11.8 Å². The lowest BCUT2D eigenvalue weighted by Crippen LogP contribution is -2.12. The van der Waals surface area contributed by atoms with Crippen molar-refractivity contribution < 1.29 is 13.9 Å². The van der Waals surface area contributed by atoms with E-state index in [0.29, 0.717) is 10.0 Å². The lowest BCUT2D eigenvalue weighted by atomic mass is 10.1. The SMILES string of the molecule is CC(Br)C(=O)c1c(Br)cccc1OCF. The topological polar surface area (TPSA) is 26.3 Å². The summed E-state index contributed by atoms with van der Waals surface area (Å²) >= 11 is 6.42. The highest BCUT2D eigenvalue weighted by Crippen LogP contribution is 2.29. The molecule has 15 heavy (non-hydrogen) atoms. The third kappa shape index (κ3) is 3.01. The molecule has 0 aliphatic carbocycles. The van der Waals surface area contributed by atoms with E-state index in [-0.39, 0.29) is 16.4 Å². The molecule has 0 aliphatic heterocycles. The molecule has 0 aromatic heterocycles. The first-order valence-electron chi connectivity index (χ1n) is 4.23. The van der Waals surface area contributed by atoms with E-state index in [2.05, 4.69) is 31.9 Å². The zero-order chi connectivity index (χ0) is 11.4. The zero-order valence-corrected chi connectivity index (χ0v) is 11.1. The van der Waals surface area contributed by atoms with Crippen molar-refractivity contribution in [2.24, 2.45) is 0 Å². The van der Waals surface area contributed by atoms with Crippen LogP contribution in [0.2, 0.25) is 0 Å². The van der Waals surface area contributed by atoms with Gasteiger partial charge in [-0.1, -0.05) is 22.0 Å². The van der Waals surface area contributed by atoms with Crippen LogP contribution >= 0.6 is 31.9 Å². The minimum absolute atomic E-state index is 0.147. The summed E-state index contributed by atoms with van der Waals surface area (Å²) in [5.74, 6) is 0.106. The number of carbonyl (C=O) groups excluding carboxylic acids is 1. The molecule has 0 fully saturated rings. The van der Waals surface area contributed by atoms with Gasteiger partial charge in [0.25, 0.3) is 0 Å². The quantitative estimate of drug-likeness (QED) is 0.617. The standard InChI is InChI=1S/C10H9Br2FO2/c1-6(11)10(14)9-7(12)3-2-4-8(9)15-5-13/h2-4,6H,5H2,1H3. The predicted octanol–water partition coefficient (Wildman–Crippen LogP) is 3.72. The number of halogens is 3. The molecule has 0 bridgehead atoms. The largest absolute Gasteiger partial charge is 0.462 e. The van der Waals surface area contributed by atoms with Crippen LogP contribution in [0, 0.1) is 0 Å². The summed E-state index contributed by atoms with van der Waals surface area (Å²) < 4.78 is 17.4. The average molecular weight is 340 g/mol. The number of carbonyl (C=O) groups is 1. The van der Waals surface area contributed by atoms with Crippen molar-refractivity contribution in [2.75, 3.05) is 6.86 Å². The van der Waals surface area contributed by atoms with Gasteiger partial charge in [-0.2, -0.15) is 0 Å². The van der Waals surface area contributed by atoms with Crippen molar-refractivity contribution in [1.29, 1.82) is 0 Å². The van der Waals surface area contributed by atoms with Crippen LogP contribution in [-0.2, 0) is 0 Å². The summed E-state index contributed by atoms with van der Waals surface area (Å²) in [4.78, 5) is 11.4. The summed E-state index contributed by atoms with van der Waals surface area (Å²) in [6.07, 6.45) is 0. The molecule has 5 heteroatoms. The highest BCUT2D eigenvalue weighted by molar-refractivity contribution is 9.10. The lowest BCUT2D eigenvalue weighted by molar-refractivity contribution is 0.0987. The molecule has 0 saturated heterocycles. The fraction of sp³-hybridized carbons (Fsp3) is 0.300. The molecule has 0 spiro atoms. The Bertz CT molecular complexity index is 366. The van der Waals surface area contributed by atoms with E-state index < -0.39 is 6.86 Å². The predicted molar refractivity (Wildman–Crippen MR) is 63.5 cm³/mol. The van der Waals surface area contributed by atoms with Gasteiger partial charge in [0.05, 0.1) is 10.4 Å². The van der Waals surface area contributed by atoms with Crippen molar-refractivity contribution in [1.82, 2.24) is 0 Å². The van der Waals surface area contributed by atoms with Gasteiger partial charge < -0.3 is 4.74 Å². The van der Waals surface area contributed by atoms with Crippen molar-refractivity contribution in [3.63, 3.8) is 0 Å². The normalized spacial score (nSPS) is 12.3. The molecule has 1 atom stereocenters. The van der Waals surface area contributed by atoms with Crippen LogP contribution in [0.3, 0.4) is 0 Å². The molecule has 0 aliphatic rings. The average Bonchev–Trinajstić information content (AvgIpc) is 2.17. The van der Waals surface area contributed by atoms with E-state index in [9.17, 15) is 9.18 Å². The highest BCUT2D eigenvalue weighted by atomic mass is 79.9. The maximum absolute atomic E-state index is 12.1. The molecule has 0 heterocycles. The number of ketones is 1. The van der Waals surface area contributed by atoms with Gasteiger partial charge in [0.2, 0.25) is 6.86 Å². The van der Waals surface area contributed by atoms with Crippen LogP contribution < -0.4 is 4.74 Å². The Balaban J connectivity index is 3.18. The number of Topliss-reactive ketones (excluding diaryl/α,β-unsaturated/α-hetero) is 1. The minimum atomic E-state index is -0.951. The zero-order valence-electron chi connectivity index (χ0n) is 7.97. The Morgan fingerprint density at radius 3 is 2.80 bits per heavy atom. The van der Waals surface area contributed by atoms with Crippen molar-refractivity contribution >= 4 is 37.6 Å². The summed E-state index contributed by atoms with van der Waals surface area (Å²) in [7, 11) is 0. The van der Waals surface area contributed by atoms with E-state index in [1.165, 1.54) is 0 Å². The van der Waals surface area contributed by atoms with Crippen LogP contribution in [-0.4, -0.2) is 17.5 Å². The Labute approximate surface area is 104 Å². The molecule has 1 unspecified atom stereocenters. The number of hydrogen-bond donors (Lipinski definition) is 0. The van der Waals surface area contributed by atoms with Crippen LogP contribution in [0.5, 0.6) is 5.75 Å². The number of hydrogen-bond acceptors (Lipinski definition) is 2. The second kappa shape index (κ2) is 5.61. The van der Waals surface area contributed by atoms with Gasteiger partial charge in [-0.25, -0.2) is 4.39 Å². The van der Waals surface area contributed by atoms with E-state index in [4.69, 9.17) is 4.74 Å². The first-order valence-corrected chi connectivity index (χ1v) is 5.94. The molecule has 82 valence electrons. The Morgan fingerprint density at radius 1 is 1.60 bits per heavy atom. The maximum atomic E-state index is 12.1. The van der Waals surface area contributed by atoms with Gasteiger partial charge in [-0.15, -0.1) is 0 Å². The molecule has 1 rings (SSSR count). The second-order valence-corrected chi connectivity index (χ2v) is 5.07. The fourth-order valence-corrected chi connectivity index (χ4v) is 1.89. The summed E-state index contributed by atoms with van der Waals surface area (Å²) in [5, 5.41) is 0. The first-order chi connectivity index (χ1) is 7.07. The second-order valence-electron chi connectivity index (χ2n) is 2.85. The lowest BCUT2D eigenvalue weighted by Gasteiger charge is -2.11. The van der Waals surface area contributed by atoms with E-state index >= 15 is 0 Å². The van der Waals surface area contributed by atoms with Gasteiger partial charge in [0.15, 0.2) is 5.78 Å². The fourth-order valence-electron chi connectivity index (χ4n) is 1.12. The van der Waals surface area contributed by atoms with Crippen LogP contribution in [0.4, 0.5) is 4.39 Å². The van der Waals surface area contributed by atoms with Crippen molar-refractivity contribution in [3.05, 3.63) is 28.2 Å². The van der Waals surface area contributed by atoms with Gasteiger partial charge in [0.1, 0.15) is 5.75 Å². The summed E-state index contributed by atoms with van der Waals surface area (Å²) in [6.45, 7) is 0.758. The van der Waals surface area contributed by atoms with Crippen molar-refractivity contribution in [3.8, 4) is 5.75 Å². The molecule has 2 nitrogen and oxygen atoms in total. The third-order valence-electron chi connectivity index (χ3n) is 1.79. The molecule has 0 amide bonds. The van der Waals surface area contributed by atoms with Crippen LogP contribution in [0.25, 0.3) is 0 Å². The van der Waals surface area contributed by atoms with Gasteiger partial charge in [-0.3, -0.25) is 4.79 Å². The Hall–Kier alpha value is -0.420. The minimum Gasteiger partial charge on any atom is -0.462 e. The first kappa shape index (κ1) is 12.6. The van der Waals surface area contributed by atoms with Crippen LogP contribution in [0.15, 0.2) is 22.7 Å². The number of alkyl halides is 2. The molecular weight excluding hydrogens is 331 g/mol. The van der Waals surface area contributed by atoms with E-state index in [1.54, 1.807) is 25.1 Å². The smallest absolute Gasteiger partial charge is 0.228 e. The van der Waals surface area contributed by atoms with Crippen LogP contribution in [0.1, 0.15) is 17.3 Å². The third-order valence-corrected chi connectivity index (χ3v) is 2.87. The maximum Gasteiger partial charge on any atom is 0.228 e. The molecular formula is C10H9Br2FO2. The Morgan fingerprint density at radius 2 is 2.27 bits per heavy atom. The van der Waals surface area contributed by atoms with E-state index in [0.717, 1.165) is 0 Å². The number of ether oxygens (including phenoxy) is 1. The van der Waals surface area contributed by atoms with Gasteiger partial charge in [-0.05, 0) is 35.0 Å².